The van der Waals surface area contributed by atoms with Gasteiger partial charge in [0, 0.05) is 12.8 Å². The number of nitrogens with zero attached hydrogens (tertiary/aromatic N) is 1. The van der Waals surface area contributed by atoms with Crippen LogP contribution >= 0.6 is 0 Å². The molecule has 0 bridgehead atoms. The molecule has 15 heavy (non-hydrogen) atoms. The molecule has 92 valence electrons. The van der Waals surface area contributed by atoms with Crippen LogP contribution in [-0.4, -0.2) is 59.1 Å². The van der Waals surface area contributed by atoms with E-state index in [0.29, 0.717) is 6.54 Å². The lowest BCUT2D eigenvalue weighted by atomic mass is 10.2. The SMILES string of the molecule is CNCCCCCN(C)CCS(C)(=O)=O. The van der Waals surface area contributed by atoms with Gasteiger partial charge in [-0.1, -0.05) is 6.42 Å². The van der Waals surface area contributed by atoms with Crippen LogP contribution in [0.3, 0.4) is 0 Å². The summed E-state index contributed by atoms with van der Waals surface area (Å²) in [6.07, 6.45) is 4.82. The van der Waals surface area contributed by atoms with Crippen molar-refractivity contribution in [2.45, 2.75) is 19.3 Å². The van der Waals surface area contributed by atoms with Crippen LogP contribution in [0.1, 0.15) is 19.3 Å². The molecule has 5 heteroatoms. The predicted molar refractivity (Wildman–Crippen MR) is 65.0 cm³/mol. The topological polar surface area (TPSA) is 49.4 Å². The number of nitrogens with one attached hydrogen (secondary N) is 1. The normalized spacial score (nSPS) is 12.3. The minimum atomic E-state index is -2.81. The molecule has 1 N–H and O–H groups in total. The van der Waals surface area contributed by atoms with Gasteiger partial charge in [0.1, 0.15) is 9.84 Å². The minimum absolute atomic E-state index is 0.264. The zero-order chi connectivity index (χ0) is 11.7. The van der Waals surface area contributed by atoms with Gasteiger partial charge in [0.15, 0.2) is 0 Å². The van der Waals surface area contributed by atoms with Crippen LogP contribution in [0.2, 0.25) is 0 Å². The van der Waals surface area contributed by atoms with E-state index in [1.807, 2.05) is 14.1 Å². The summed E-state index contributed by atoms with van der Waals surface area (Å²) in [5.74, 6) is 0.264. The van der Waals surface area contributed by atoms with Crippen molar-refractivity contribution >= 4 is 9.84 Å². The Morgan fingerprint density at radius 2 is 1.80 bits per heavy atom. The number of sulfone groups is 1. The third-order valence-electron chi connectivity index (χ3n) is 2.31. The summed E-state index contributed by atoms with van der Waals surface area (Å²) in [5, 5.41) is 3.11. The summed E-state index contributed by atoms with van der Waals surface area (Å²) in [5.41, 5.74) is 0. The summed E-state index contributed by atoms with van der Waals surface area (Å²) >= 11 is 0. The highest BCUT2D eigenvalue weighted by Gasteiger charge is 2.04. The standard InChI is InChI=1S/C10H24N2O2S/c1-11-7-5-4-6-8-12(2)9-10-15(3,13)14/h11H,4-10H2,1-3H3. The lowest BCUT2D eigenvalue weighted by molar-refractivity contribution is 0.342. The van der Waals surface area contributed by atoms with Crippen LogP contribution in [0.4, 0.5) is 0 Å². The first-order valence-corrected chi connectivity index (χ1v) is 7.52. The Morgan fingerprint density at radius 3 is 2.33 bits per heavy atom. The Balaban J connectivity index is 3.37. The Labute approximate surface area is 94.0 Å². The van der Waals surface area contributed by atoms with Crippen LogP contribution in [0.5, 0.6) is 0 Å². The minimum Gasteiger partial charge on any atom is -0.320 e. The van der Waals surface area contributed by atoms with Gasteiger partial charge in [-0.15, -0.1) is 0 Å². The summed E-state index contributed by atoms with van der Waals surface area (Å²) in [6.45, 7) is 2.69. The van der Waals surface area contributed by atoms with Gasteiger partial charge in [-0.05, 0) is 40.0 Å². The number of unbranched alkanes of at least 4 members (excludes halogenated alkanes) is 2. The van der Waals surface area contributed by atoms with Crippen LogP contribution in [-0.2, 0) is 9.84 Å². The molecule has 0 aromatic carbocycles. The highest BCUT2D eigenvalue weighted by molar-refractivity contribution is 7.90. The smallest absolute Gasteiger partial charge is 0.148 e. The van der Waals surface area contributed by atoms with Crippen molar-refractivity contribution in [2.75, 3.05) is 45.7 Å². The van der Waals surface area contributed by atoms with Crippen molar-refractivity contribution in [1.82, 2.24) is 10.2 Å². The van der Waals surface area contributed by atoms with Gasteiger partial charge in [-0.3, -0.25) is 0 Å². The van der Waals surface area contributed by atoms with E-state index in [1.165, 1.54) is 19.1 Å². The Kier molecular flexibility index (Phi) is 8.00. The van der Waals surface area contributed by atoms with Crippen molar-refractivity contribution in [2.24, 2.45) is 0 Å². The molecule has 0 aliphatic carbocycles. The molecule has 0 unspecified atom stereocenters. The molecule has 0 radical (unpaired) electrons. The highest BCUT2D eigenvalue weighted by atomic mass is 32.2. The van der Waals surface area contributed by atoms with Gasteiger partial charge >= 0.3 is 0 Å². The zero-order valence-electron chi connectivity index (χ0n) is 10.1. The molecule has 4 nitrogen and oxygen atoms in total. The van der Waals surface area contributed by atoms with E-state index in [2.05, 4.69) is 10.2 Å². The van der Waals surface area contributed by atoms with Gasteiger partial charge in [-0.2, -0.15) is 0 Å². The van der Waals surface area contributed by atoms with E-state index < -0.39 is 9.84 Å². The average Bonchev–Trinajstić information content (AvgIpc) is 2.13. The van der Waals surface area contributed by atoms with E-state index >= 15 is 0 Å². The largest absolute Gasteiger partial charge is 0.320 e. The predicted octanol–water partition coefficient (Wildman–Crippen LogP) is 0.353. The van der Waals surface area contributed by atoms with Crippen LogP contribution in [0.25, 0.3) is 0 Å². The lowest BCUT2D eigenvalue weighted by Crippen LogP contribution is -2.26. The highest BCUT2D eigenvalue weighted by Crippen LogP contribution is 1.97. The molecule has 0 aromatic heterocycles. The van der Waals surface area contributed by atoms with E-state index in [4.69, 9.17) is 0 Å². The number of hydrogen-bond donors (Lipinski definition) is 1. The van der Waals surface area contributed by atoms with Crippen LogP contribution in [0.15, 0.2) is 0 Å². The first kappa shape index (κ1) is 14.9. The Hall–Kier alpha value is -0.130. The first-order valence-electron chi connectivity index (χ1n) is 5.46. The molecule has 0 amide bonds. The van der Waals surface area contributed by atoms with Gasteiger partial charge in [0.25, 0.3) is 0 Å². The summed E-state index contributed by atoms with van der Waals surface area (Å²) in [6, 6.07) is 0. The maximum Gasteiger partial charge on any atom is 0.148 e. The Morgan fingerprint density at radius 1 is 1.13 bits per heavy atom. The fourth-order valence-corrected chi connectivity index (χ4v) is 1.94. The van der Waals surface area contributed by atoms with Crippen molar-refractivity contribution in [1.29, 1.82) is 0 Å². The van der Waals surface area contributed by atoms with E-state index in [9.17, 15) is 8.42 Å². The second-order valence-electron chi connectivity index (χ2n) is 4.10. The average molecular weight is 236 g/mol. The molecular formula is C10H24N2O2S. The second-order valence-corrected chi connectivity index (χ2v) is 6.36. The third-order valence-corrected chi connectivity index (χ3v) is 3.23. The molecule has 0 rings (SSSR count). The molecule has 0 aromatic rings. The fraction of sp³-hybridized carbons (Fsp3) is 1.00. The number of rotatable bonds is 9. The van der Waals surface area contributed by atoms with Crippen molar-refractivity contribution in [3.05, 3.63) is 0 Å². The zero-order valence-corrected chi connectivity index (χ0v) is 10.9. The van der Waals surface area contributed by atoms with E-state index in [0.717, 1.165) is 19.5 Å². The fourth-order valence-electron chi connectivity index (χ4n) is 1.29. The summed E-state index contributed by atoms with van der Waals surface area (Å²) in [7, 11) is 1.12. The molecule has 0 heterocycles. The van der Waals surface area contributed by atoms with Crippen LogP contribution < -0.4 is 5.32 Å². The summed E-state index contributed by atoms with van der Waals surface area (Å²) < 4.78 is 21.8. The molecule has 0 aliphatic rings. The van der Waals surface area contributed by atoms with E-state index in [1.54, 1.807) is 0 Å². The maximum atomic E-state index is 10.9. The third kappa shape index (κ3) is 11.8. The van der Waals surface area contributed by atoms with Crippen molar-refractivity contribution < 1.29 is 8.42 Å². The van der Waals surface area contributed by atoms with Gasteiger partial charge in [0.05, 0.1) is 5.75 Å². The molecule has 0 fully saturated rings. The quantitative estimate of drug-likeness (QED) is 0.587. The second kappa shape index (κ2) is 8.07. The lowest BCUT2D eigenvalue weighted by Gasteiger charge is -2.15. The summed E-state index contributed by atoms with van der Waals surface area (Å²) in [4.78, 5) is 2.08. The molecule has 0 saturated heterocycles. The van der Waals surface area contributed by atoms with E-state index in [-0.39, 0.29) is 5.75 Å². The first-order chi connectivity index (χ1) is 6.95. The van der Waals surface area contributed by atoms with Gasteiger partial charge < -0.3 is 10.2 Å². The molecular weight excluding hydrogens is 212 g/mol. The molecule has 0 spiro atoms. The Bertz CT molecular complexity index is 240. The molecule has 0 aliphatic heterocycles. The van der Waals surface area contributed by atoms with Gasteiger partial charge in [0.2, 0.25) is 0 Å². The monoisotopic (exact) mass is 236 g/mol. The molecule has 0 atom stereocenters. The van der Waals surface area contributed by atoms with Crippen molar-refractivity contribution in [3.63, 3.8) is 0 Å². The van der Waals surface area contributed by atoms with Gasteiger partial charge in [-0.25, -0.2) is 8.42 Å². The maximum absolute atomic E-state index is 10.9. The number of hydrogen-bond acceptors (Lipinski definition) is 4. The van der Waals surface area contributed by atoms with Crippen LogP contribution in [0, 0.1) is 0 Å². The molecule has 0 saturated carbocycles. The van der Waals surface area contributed by atoms with Crippen molar-refractivity contribution in [3.8, 4) is 0 Å².